The van der Waals surface area contributed by atoms with Gasteiger partial charge in [0.15, 0.2) is 0 Å². The largest absolute Gasteiger partial charge is 0.269 e. The molecule has 0 aromatic rings. The highest BCUT2D eigenvalue weighted by atomic mass is 16.1. The highest BCUT2D eigenvalue weighted by Crippen LogP contribution is 2.18. The number of rotatable bonds is 0. The van der Waals surface area contributed by atoms with E-state index in [0.29, 0.717) is 0 Å². The summed E-state index contributed by atoms with van der Waals surface area (Å²) in [5.41, 5.74) is 2.08. The van der Waals surface area contributed by atoms with Gasteiger partial charge in [0.05, 0.1) is 5.71 Å². The van der Waals surface area contributed by atoms with Gasteiger partial charge in [0, 0.05) is 12.0 Å². The van der Waals surface area contributed by atoms with Gasteiger partial charge in [0.2, 0.25) is 0 Å². The Morgan fingerprint density at radius 1 is 1.33 bits per heavy atom. The van der Waals surface area contributed by atoms with Gasteiger partial charge in [-0.3, -0.25) is 4.79 Å². The first-order chi connectivity index (χ1) is 5.75. The maximum atomic E-state index is 10.9. The van der Waals surface area contributed by atoms with Crippen molar-refractivity contribution in [3.63, 3.8) is 0 Å². The molecule has 1 amide bonds. The standard InChI is InChI=1S/C10H9NO/c1-7-2-4-9-8(6-7)3-5-10(12)11-9/h2-6,8H,1H3. The number of amides is 1. The molecule has 12 heavy (non-hydrogen) atoms. The Balaban J connectivity index is 2.38. The van der Waals surface area contributed by atoms with Crippen LogP contribution in [0.5, 0.6) is 0 Å². The Labute approximate surface area is 71.0 Å². The van der Waals surface area contributed by atoms with Gasteiger partial charge < -0.3 is 0 Å². The normalized spacial score (nSPS) is 26.4. The summed E-state index contributed by atoms with van der Waals surface area (Å²) >= 11 is 0. The SMILES string of the molecule is CC1=CC2C=CC(=O)N=C2C=C1. The molecule has 0 radical (unpaired) electrons. The number of nitrogens with zero attached hydrogens (tertiary/aromatic N) is 1. The Morgan fingerprint density at radius 2 is 2.17 bits per heavy atom. The minimum Gasteiger partial charge on any atom is -0.267 e. The molecule has 2 aliphatic rings. The summed E-state index contributed by atoms with van der Waals surface area (Å²) in [6, 6.07) is 0. The second-order valence-corrected chi connectivity index (χ2v) is 3.00. The van der Waals surface area contributed by atoms with E-state index in [4.69, 9.17) is 0 Å². The molecule has 1 aliphatic carbocycles. The van der Waals surface area contributed by atoms with Crippen LogP contribution in [0.1, 0.15) is 6.92 Å². The second kappa shape index (κ2) is 2.55. The average Bonchev–Trinajstić information content (AvgIpc) is 2.05. The van der Waals surface area contributed by atoms with E-state index in [1.807, 2.05) is 25.2 Å². The number of aliphatic imine (C=N–C) groups is 1. The van der Waals surface area contributed by atoms with Crippen molar-refractivity contribution < 1.29 is 4.79 Å². The van der Waals surface area contributed by atoms with E-state index >= 15 is 0 Å². The fourth-order valence-electron chi connectivity index (χ4n) is 1.37. The fraction of sp³-hybridized carbons (Fsp3) is 0.200. The maximum Gasteiger partial charge on any atom is 0.269 e. The highest BCUT2D eigenvalue weighted by molar-refractivity contribution is 6.11. The minimum atomic E-state index is -0.154. The van der Waals surface area contributed by atoms with Crippen LogP contribution in [0.3, 0.4) is 0 Å². The molecule has 0 saturated heterocycles. The van der Waals surface area contributed by atoms with Crippen molar-refractivity contribution in [2.45, 2.75) is 6.92 Å². The van der Waals surface area contributed by atoms with Crippen molar-refractivity contribution in [3.8, 4) is 0 Å². The van der Waals surface area contributed by atoms with Crippen molar-refractivity contribution in [1.82, 2.24) is 0 Å². The number of carbonyl (C=O) groups is 1. The summed E-state index contributed by atoms with van der Waals surface area (Å²) in [7, 11) is 0. The number of hydrogen-bond acceptors (Lipinski definition) is 1. The predicted molar refractivity (Wildman–Crippen MR) is 48.0 cm³/mol. The summed E-state index contributed by atoms with van der Waals surface area (Å²) in [5, 5.41) is 0. The first-order valence-corrected chi connectivity index (χ1v) is 3.93. The van der Waals surface area contributed by atoms with Crippen LogP contribution in [0.25, 0.3) is 0 Å². The van der Waals surface area contributed by atoms with Gasteiger partial charge in [0.25, 0.3) is 5.91 Å². The molecule has 1 atom stereocenters. The fourth-order valence-corrected chi connectivity index (χ4v) is 1.37. The molecule has 0 aromatic carbocycles. The third-order valence-corrected chi connectivity index (χ3v) is 1.99. The average molecular weight is 159 g/mol. The lowest BCUT2D eigenvalue weighted by Crippen LogP contribution is -2.16. The summed E-state index contributed by atoms with van der Waals surface area (Å²) in [5.74, 6) is 0.0616. The predicted octanol–water partition coefficient (Wildman–Crippen LogP) is 1.66. The van der Waals surface area contributed by atoms with Crippen LogP contribution in [0, 0.1) is 5.92 Å². The van der Waals surface area contributed by atoms with Gasteiger partial charge in [-0.1, -0.05) is 23.8 Å². The van der Waals surface area contributed by atoms with Crippen molar-refractivity contribution in [2.24, 2.45) is 10.9 Å². The monoisotopic (exact) mass is 159 g/mol. The van der Waals surface area contributed by atoms with Crippen molar-refractivity contribution in [3.05, 3.63) is 36.0 Å². The Bertz CT molecular complexity index is 345. The number of allylic oxidation sites excluding steroid dienone is 5. The van der Waals surface area contributed by atoms with Crippen LogP contribution in [-0.2, 0) is 4.79 Å². The molecule has 0 spiro atoms. The van der Waals surface area contributed by atoms with Crippen LogP contribution in [0.2, 0.25) is 0 Å². The first-order valence-electron chi connectivity index (χ1n) is 3.93. The summed E-state index contributed by atoms with van der Waals surface area (Å²) < 4.78 is 0. The third-order valence-electron chi connectivity index (χ3n) is 1.99. The van der Waals surface area contributed by atoms with E-state index in [2.05, 4.69) is 11.1 Å². The Morgan fingerprint density at radius 3 is 3.00 bits per heavy atom. The van der Waals surface area contributed by atoms with E-state index < -0.39 is 0 Å². The molecule has 1 unspecified atom stereocenters. The highest BCUT2D eigenvalue weighted by Gasteiger charge is 2.16. The lowest BCUT2D eigenvalue weighted by molar-refractivity contribution is -0.113. The Kier molecular flexibility index (Phi) is 1.54. The lowest BCUT2D eigenvalue weighted by atomic mass is 9.93. The molecular formula is C10H9NO. The third kappa shape index (κ3) is 1.16. The van der Waals surface area contributed by atoms with E-state index in [1.54, 1.807) is 0 Å². The van der Waals surface area contributed by atoms with Crippen LogP contribution < -0.4 is 0 Å². The van der Waals surface area contributed by atoms with Gasteiger partial charge in [-0.25, -0.2) is 4.99 Å². The number of dihydropyridines is 1. The molecule has 2 rings (SSSR count). The van der Waals surface area contributed by atoms with Crippen molar-refractivity contribution in [1.29, 1.82) is 0 Å². The lowest BCUT2D eigenvalue weighted by Gasteiger charge is -2.15. The van der Waals surface area contributed by atoms with Gasteiger partial charge in [-0.2, -0.15) is 0 Å². The second-order valence-electron chi connectivity index (χ2n) is 3.00. The van der Waals surface area contributed by atoms with E-state index in [-0.39, 0.29) is 11.8 Å². The van der Waals surface area contributed by atoms with Crippen LogP contribution in [-0.4, -0.2) is 11.6 Å². The molecular weight excluding hydrogens is 150 g/mol. The number of carbonyl (C=O) groups excluding carboxylic acids is 1. The van der Waals surface area contributed by atoms with Gasteiger partial charge in [-0.05, 0) is 13.0 Å². The summed E-state index contributed by atoms with van der Waals surface area (Å²) in [6.07, 6.45) is 9.39. The van der Waals surface area contributed by atoms with Crippen molar-refractivity contribution >= 4 is 11.6 Å². The molecule has 0 fully saturated rings. The summed E-state index contributed by atoms with van der Waals surface area (Å²) in [6.45, 7) is 2.04. The molecule has 0 aromatic heterocycles. The van der Waals surface area contributed by atoms with Gasteiger partial charge in [0.1, 0.15) is 0 Å². The maximum absolute atomic E-state index is 10.9. The van der Waals surface area contributed by atoms with E-state index in [9.17, 15) is 4.79 Å². The van der Waals surface area contributed by atoms with Crippen LogP contribution in [0.15, 0.2) is 40.9 Å². The zero-order valence-corrected chi connectivity index (χ0v) is 6.82. The molecule has 0 bridgehead atoms. The van der Waals surface area contributed by atoms with Gasteiger partial charge >= 0.3 is 0 Å². The minimum absolute atomic E-state index is 0.154. The molecule has 1 heterocycles. The Hall–Kier alpha value is -1.44. The molecule has 60 valence electrons. The smallest absolute Gasteiger partial charge is 0.267 e. The molecule has 0 N–H and O–H groups in total. The topological polar surface area (TPSA) is 29.4 Å². The molecule has 2 nitrogen and oxygen atoms in total. The zero-order valence-electron chi connectivity index (χ0n) is 6.82. The molecule has 1 aliphatic heterocycles. The number of fused-ring (bicyclic) bond motifs is 1. The van der Waals surface area contributed by atoms with E-state index in [0.717, 1.165) is 5.71 Å². The van der Waals surface area contributed by atoms with E-state index in [1.165, 1.54) is 11.6 Å². The molecule has 0 saturated carbocycles. The molecule has 2 heteroatoms. The summed E-state index contributed by atoms with van der Waals surface area (Å²) in [4.78, 5) is 14.8. The number of hydrogen-bond donors (Lipinski definition) is 0. The van der Waals surface area contributed by atoms with Crippen LogP contribution >= 0.6 is 0 Å². The quantitative estimate of drug-likeness (QED) is 0.528. The van der Waals surface area contributed by atoms with Gasteiger partial charge in [-0.15, -0.1) is 0 Å². The first kappa shape index (κ1) is 7.22. The zero-order chi connectivity index (χ0) is 8.55. The van der Waals surface area contributed by atoms with Crippen molar-refractivity contribution in [2.75, 3.05) is 0 Å². The van der Waals surface area contributed by atoms with Crippen LogP contribution in [0.4, 0.5) is 0 Å².